The Morgan fingerprint density at radius 1 is 1.41 bits per heavy atom. The molecule has 2 N–H and O–H groups in total. The summed E-state index contributed by atoms with van der Waals surface area (Å²) in [4.78, 5) is 6.38. The maximum Gasteiger partial charge on any atom is 0.0271 e. The molecule has 3 nitrogen and oxygen atoms in total. The molecule has 0 aromatic carbocycles. The third-order valence-corrected chi connectivity index (χ3v) is 3.66. The second kappa shape index (κ2) is 8.50. The molecule has 1 rings (SSSR count). The Labute approximate surface area is 109 Å². The number of hydrogen-bond donors (Lipinski definition) is 1. The molecule has 0 bridgehead atoms. The van der Waals surface area contributed by atoms with Gasteiger partial charge in [0, 0.05) is 31.5 Å². The Hall–Kier alpha value is -0.580. The average molecular weight is 253 g/mol. The summed E-state index contributed by atoms with van der Waals surface area (Å²) in [6.45, 7) is 1.68. The second-order valence-electron chi connectivity index (χ2n) is 4.30. The van der Waals surface area contributed by atoms with Crippen LogP contribution in [0.5, 0.6) is 0 Å². The molecule has 1 unspecified atom stereocenters. The molecular weight excluding hydrogens is 230 g/mol. The first-order valence-electron chi connectivity index (χ1n) is 6.06. The zero-order valence-corrected chi connectivity index (χ0v) is 11.6. The summed E-state index contributed by atoms with van der Waals surface area (Å²) in [6.07, 6.45) is 8.25. The SMILES string of the molecule is CSCCCC(CN)N(C)Cc1ccncc1. The molecule has 1 atom stereocenters. The highest BCUT2D eigenvalue weighted by atomic mass is 32.2. The first-order valence-corrected chi connectivity index (χ1v) is 7.45. The van der Waals surface area contributed by atoms with Crippen LogP contribution in [0.2, 0.25) is 0 Å². The van der Waals surface area contributed by atoms with Crippen LogP contribution in [0.4, 0.5) is 0 Å². The maximum atomic E-state index is 5.85. The lowest BCUT2D eigenvalue weighted by Crippen LogP contribution is -2.37. The summed E-state index contributed by atoms with van der Waals surface area (Å²) in [5.41, 5.74) is 7.15. The number of nitrogens with two attached hydrogens (primary N) is 1. The Kier molecular flexibility index (Phi) is 7.24. The highest BCUT2D eigenvalue weighted by Crippen LogP contribution is 2.10. The van der Waals surface area contributed by atoms with Crippen molar-refractivity contribution in [2.45, 2.75) is 25.4 Å². The van der Waals surface area contributed by atoms with Crippen molar-refractivity contribution in [3.8, 4) is 0 Å². The van der Waals surface area contributed by atoms with Gasteiger partial charge in [0.25, 0.3) is 0 Å². The zero-order valence-electron chi connectivity index (χ0n) is 10.8. The normalized spacial score (nSPS) is 12.9. The number of rotatable bonds is 8. The van der Waals surface area contributed by atoms with E-state index in [2.05, 4.69) is 35.3 Å². The fourth-order valence-corrected chi connectivity index (χ4v) is 2.34. The van der Waals surface area contributed by atoms with Crippen molar-refractivity contribution in [1.29, 1.82) is 0 Å². The van der Waals surface area contributed by atoms with Crippen molar-refractivity contribution in [1.82, 2.24) is 9.88 Å². The molecule has 0 amide bonds. The molecule has 0 aliphatic heterocycles. The average Bonchev–Trinajstić information content (AvgIpc) is 2.36. The number of thioether (sulfide) groups is 1. The van der Waals surface area contributed by atoms with E-state index in [1.54, 1.807) is 0 Å². The van der Waals surface area contributed by atoms with Crippen molar-refractivity contribution >= 4 is 11.8 Å². The van der Waals surface area contributed by atoms with E-state index in [-0.39, 0.29) is 0 Å². The van der Waals surface area contributed by atoms with Crippen LogP contribution in [0.1, 0.15) is 18.4 Å². The number of likely N-dealkylation sites (N-methyl/N-ethyl adjacent to an activating group) is 1. The lowest BCUT2D eigenvalue weighted by atomic mass is 10.1. The minimum absolute atomic E-state index is 0.482. The first kappa shape index (κ1) is 14.5. The van der Waals surface area contributed by atoms with Crippen LogP contribution in [0.25, 0.3) is 0 Å². The van der Waals surface area contributed by atoms with Gasteiger partial charge in [0.2, 0.25) is 0 Å². The van der Waals surface area contributed by atoms with Crippen molar-refractivity contribution in [3.63, 3.8) is 0 Å². The van der Waals surface area contributed by atoms with Gasteiger partial charge in [-0.3, -0.25) is 9.88 Å². The fraction of sp³-hybridized carbons (Fsp3) is 0.615. The lowest BCUT2D eigenvalue weighted by molar-refractivity contribution is 0.226. The minimum atomic E-state index is 0.482. The Balaban J connectivity index is 2.40. The van der Waals surface area contributed by atoms with E-state index in [1.807, 2.05) is 24.2 Å². The molecule has 0 spiro atoms. The van der Waals surface area contributed by atoms with Crippen LogP contribution >= 0.6 is 11.8 Å². The Bertz CT molecular complexity index is 292. The molecule has 0 aliphatic rings. The molecule has 0 fully saturated rings. The Morgan fingerprint density at radius 3 is 2.71 bits per heavy atom. The highest BCUT2D eigenvalue weighted by molar-refractivity contribution is 7.98. The van der Waals surface area contributed by atoms with E-state index in [0.29, 0.717) is 6.04 Å². The number of hydrogen-bond acceptors (Lipinski definition) is 4. The fourth-order valence-electron chi connectivity index (χ4n) is 1.89. The monoisotopic (exact) mass is 253 g/mol. The summed E-state index contributed by atoms with van der Waals surface area (Å²) < 4.78 is 0. The van der Waals surface area contributed by atoms with Gasteiger partial charge in [-0.25, -0.2) is 0 Å². The molecule has 0 radical (unpaired) electrons. The standard InChI is InChI=1S/C13H23N3S/c1-16(11-12-5-7-15-8-6-12)13(10-14)4-3-9-17-2/h5-8,13H,3-4,9-11,14H2,1-2H3. The van der Waals surface area contributed by atoms with Crippen molar-refractivity contribution in [2.24, 2.45) is 5.73 Å². The summed E-state index contributed by atoms with van der Waals surface area (Å²) >= 11 is 1.90. The largest absolute Gasteiger partial charge is 0.329 e. The molecule has 1 aromatic rings. The van der Waals surface area contributed by atoms with Crippen LogP contribution in [0.15, 0.2) is 24.5 Å². The van der Waals surface area contributed by atoms with Crippen LogP contribution in [0, 0.1) is 0 Å². The maximum absolute atomic E-state index is 5.85. The van der Waals surface area contributed by atoms with E-state index in [9.17, 15) is 0 Å². The van der Waals surface area contributed by atoms with Gasteiger partial charge in [0.1, 0.15) is 0 Å². The van der Waals surface area contributed by atoms with E-state index in [0.717, 1.165) is 13.1 Å². The van der Waals surface area contributed by atoms with Crippen molar-refractivity contribution in [3.05, 3.63) is 30.1 Å². The second-order valence-corrected chi connectivity index (χ2v) is 5.28. The molecule has 4 heteroatoms. The van der Waals surface area contributed by atoms with Crippen LogP contribution < -0.4 is 5.73 Å². The first-order chi connectivity index (χ1) is 8.27. The summed E-state index contributed by atoms with van der Waals surface area (Å²) in [7, 11) is 2.15. The molecule has 96 valence electrons. The predicted octanol–water partition coefficient (Wildman–Crippen LogP) is 1.98. The van der Waals surface area contributed by atoms with Gasteiger partial charge >= 0.3 is 0 Å². The van der Waals surface area contributed by atoms with E-state index < -0.39 is 0 Å². The van der Waals surface area contributed by atoms with Gasteiger partial charge in [-0.15, -0.1) is 0 Å². The van der Waals surface area contributed by atoms with E-state index in [1.165, 1.54) is 24.2 Å². The molecule has 1 aromatic heterocycles. The predicted molar refractivity (Wildman–Crippen MR) is 76.2 cm³/mol. The zero-order chi connectivity index (χ0) is 12.5. The lowest BCUT2D eigenvalue weighted by Gasteiger charge is -2.27. The number of aromatic nitrogens is 1. The van der Waals surface area contributed by atoms with Crippen LogP contribution in [0.3, 0.4) is 0 Å². The quantitative estimate of drug-likeness (QED) is 0.719. The summed E-state index contributed by atoms with van der Waals surface area (Å²) in [6, 6.07) is 4.60. The van der Waals surface area contributed by atoms with Gasteiger partial charge in [-0.2, -0.15) is 11.8 Å². The summed E-state index contributed by atoms with van der Waals surface area (Å²) in [5, 5.41) is 0. The Morgan fingerprint density at radius 2 is 2.12 bits per heavy atom. The topological polar surface area (TPSA) is 42.1 Å². The van der Waals surface area contributed by atoms with Gasteiger partial charge in [0.15, 0.2) is 0 Å². The molecular formula is C13H23N3S. The number of pyridine rings is 1. The highest BCUT2D eigenvalue weighted by Gasteiger charge is 2.12. The van der Waals surface area contributed by atoms with Gasteiger partial charge in [-0.1, -0.05) is 0 Å². The van der Waals surface area contributed by atoms with Crippen molar-refractivity contribution < 1.29 is 0 Å². The molecule has 0 saturated carbocycles. The third kappa shape index (κ3) is 5.52. The van der Waals surface area contributed by atoms with Crippen molar-refractivity contribution in [2.75, 3.05) is 25.6 Å². The van der Waals surface area contributed by atoms with E-state index in [4.69, 9.17) is 5.73 Å². The molecule has 1 heterocycles. The smallest absolute Gasteiger partial charge is 0.0271 e. The summed E-state index contributed by atoms with van der Waals surface area (Å²) in [5.74, 6) is 1.22. The molecule has 0 saturated heterocycles. The van der Waals surface area contributed by atoms with E-state index >= 15 is 0 Å². The third-order valence-electron chi connectivity index (χ3n) is 2.96. The van der Waals surface area contributed by atoms with Gasteiger partial charge < -0.3 is 5.73 Å². The van der Waals surface area contributed by atoms with Gasteiger partial charge in [0.05, 0.1) is 0 Å². The molecule has 17 heavy (non-hydrogen) atoms. The minimum Gasteiger partial charge on any atom is -0.329 e. The van der Waals surface area contributed by atoms with Crippen LogP contribution in [-0.2, 0) is 6.54 Å². The van der Waals surface area contributed by atoms with Crippen LogP contribution in [-0.4, -0.2) is 41.5 Å². The number of nitrogens with zero attached hydrogens (tertiary/aromatic N) is 2. The van der Waals surface area contributed by atoms with Gasteiger partial charge in [-0.05, 0) is 49.6 Å². The molecule has 0 aliphatic carbocycles.